The van der Waals surface area contributed by atoms with Gasteiger partial charge in [-0.05, 0) is 37.3 Å². The molecule has 19 heavy (non-hydrogen) atoms. The van der Waals surface area contributed by atoms with E-state index in [1.54, 1.807) is 18.3 Å². The molecular formula is C15H15FN2O. The maximum atomic E-state index is 13.3. The molecular weight excluding hydrogens is 243 g/mol. The van der Waals surface area contributed by atoms with Gasteiger partial charge in [-0.1, -0.05) is 6.07 Å². The molecule has 0 aliphatic rings. The Hall–Kier alpha value is -2.23. The summed E-state index contributed by atoms with van der Waals surface area (Å²) in [5, 5.41) is 0. The van der Waals surface area contributed by atoms with Gasteiger partial charge in [-0.25, -0.2) is 4.39 Å². The largest absolute Gasteiger partial charge is 0.340 e. The van der Waals surface area contributed by atoms with Gasteiger partial charge < -0.3 is 4.90 Å². The highest BCUT2D eigenvalue weighted by molar-refractivity contribution is 5.92. The first-order valence-electron chi connectivity index (χ1n) is 6.12. The van der Waals surface area contributed by atoms with Crippen molar-refractivity contribution in [1.29, 1.82) is 0 Å². The quantitative estimate of drug-likeness (QED) is 0.786. The lowest BCUT2D eigenvalue weighted by molar-refractivity contribution is 0.101. The number of benzene rings is 1. The third-order valence-corrected chi connectivity index (χ3v) is 2.86. The van der Waals surface area contributed by atoms with Gasteiger partial charge in [0.15, 0.2) is 5.78 Å². The molecule has 2 aromatic rings. The number of hydrogen-bond acceptors (Lipinski definition) is 3. The summed E-state index contributed by atoms with van der Waals surface area (Å²) in [6.07, 6.45) is 1.63. The van der Waals surface area contributed by atoms with E-state index in [2.05, 4.69) is 4.98 Å². The van der Waals surface area contributed by atoms with E-state index in [9.17, 15) is 9.18 Å². The highest BCUT2D eigenvalue weighted by Crippen LogP contribution is 2.25. The molecule has 1 aromatic heterocycles. The number of carbonyl (C=O) groups is 1. The van der Waals surface area contributed by atoms with E-state index in [-0.39, 0.29) is 11.6 Å². The standard InChI is InChI=1S/C15H15FN2O/c1-3-18(13-6-4-5-12(16)9-13)14-7-8-15(11(2)19)17-10-14/h4-10H,3H2,1-2H3. The van der Waals surface area contributed by atoms with E-state index < -0.39 is 0 Å². The maximum Gasteiger partial charge on any atom is 0.178 e. The number of halogens is 1. The van der Waals surface area contributed by atoms with Crippen molar-refractivity contribution >= 4 is 17.2 Å². The van der Waals surface area contributed by atoms with E-state index in [4.69, 9.17) is 0 Å². The first kappa shape index (κ1) is 13.2. The smallest absolute Gasteiger partial charge is 0.178 e. The monoisotopic (exact) mass is 258 g/mol. The SMILES string of the molecule is CCN(c1ccc(C(C)=O)nc1)c1cccc(F)c1. The van der Waals surface area contributed by atoms with E-state index in [1.165, 1.54) is 19.1 Å². The molecule has 0 unspecified atom stereocenters. The number of nitrogens with zero attached hydrogens (tertiary/aromatic N) is 2. The molecule has 0 N–H and O–H groups in total. The summed E-state index contributed by atoms with van der Waals surface area (Å²) in [4.78, 5) is 17.2. The zero-order valence-electron chi connectivity index (χ0n) is 10.9. The molecule has 0 radical (unpaired) electrons. The van der Waals surface area contributed by atoms with Crippen LogP contribution in [0.5, 0.6) is 0 Å². The lowest BCUT2D eigenvalue weighted by Gasteiger charge is -2.23. The fraction of sp³-hybridized carbons (Fsp3) is 0.200. The summed E-state index contributed by atoms with van der Waals surface area (Å²) < 4.78 is 13.3. The number of Topliss-reactive ketones (excluding diaryl/α,β-unsaturated/α-hetero) is 1. The number of aromatic nitrogens is 1. The fourth-order valence-electron chi connectivity index (χ4n) is 1.91. The second kappa shape index (κ2) is 5.61. The second-order valence-electron chi connectivity index (χ2n) is 4.18. The predicted octanol–water partition coefficient (Wildman–Crippen LogP) is 3.58. The molecule has 98 valence electrons. The Kier molecular flexibility index (Phi) is 3.90. The molecule has 0 fully saturated rings. The van der Waals surface area contributed by atoms with Gasteiger partial charge in [-0.2, -0.15) is 0 Å². The first-order valence-corrected chi connectivity index (χ1v) is 6.12. The van der Waals surface area contributed by atoms with Crippen molar-refractivity contribution in [1.82, 2.24) is 4.98 Å². The average molecular weight is 258 g/mol. The lowest BCUT2D eigenvalue weighted by Crippen LogP contribution is -2.16. The van der Waals surface area contributed by atoms with Crippen LogP contribution >= 0.6 is 0 Å². The Bertz CT molecular complexity index is 581. The molecule has 0 spiro atoms. The van der Waals surface area contributed by atoms with Crippen LogP contribution in [0.15, 0.2) is 42.6 Å². The molecule has 0 bridgehead atoms. The predicted molar refractivity (Wildman–Crippen MR) is 73.3 cm³/mol. The van der Waals surface area contributed by atoms with Crippen molar-refractivity contribution in [2.24, 2.45) is 0 Å². The third-order valence-electron chi connectivity index (χ3n) is 2.86. The van der Waals surface area contributed by atoms with Crippen LogP contribution in [-0.4, -0.2) is 17.3 Å². The zero-order chi connectivity index (χ0) is 13.8. The molecule has 0 saturated carbocycles. The van der Waals surface area contributed by atoms with Gasteiger partial charge in [-0.15, -0.1) is 0 Å². The van der Waals surface area contributed by atoms with Crippen molar-refractivity contribution in [3.05, 3.63) is 54.1 Å². The summed E-state index contributed by atoms with van der Waals surface area (Å²) >= 11 is 0. The maximum absolute atomic E-state index is 13.3. The Labute approximate surface area is 111 Å². The lowest BCUT2D eigenvalue weighted by atomic mass is 10.2. The van der Waals surface area contributed by atoms with Crippen molar-refractivity contribution in [2.75, 3.05) is 11.4 Å². The zero-order valence-corrected chi connectivity index (χ0v) is 10.9. The van der Waals surface area contributed by atoms with Gasteiger partial charge >= 0.3 is 0 Å². The van der Waals surface area contributed by atoms with Crippen molar-refractivity contribution in [3.63, 3.8) is 0 Å². The van der Waals surface area contributed by atoms with Gasteiger partial charge in [0, 0.05) is 19.2 Å². The summed E-state index contributed by atoms with van der Waals surface area (Å²) in [7, 11) is 0. The normalized spacial score (nSPS) is 10.3. The van der Waals surface area contributed by atoms with E-state index in [0.29, 0.717) is 12.2 Å². The van der Waals surface area contributed by atoms with Crippen LogP contribution in [0.3, 0.4) is 0 Å². The van der Waals surface area contributed by atoms with E-state index in [0.717, 1.165) is 11.4 Å². The Morgan fingerprint density at radius 2 is 2.05 bits per heavy atom. The number of anilines is 2. The number of rotatable bonds is 4. The summed E-state index contributed by atoms with van der Waals surface area (Å²) in [6.45, 7) is 4.14. The van der Waals surface area contributed by atoms with Crippen molar-refractivity contribution < 1.29 is 9.18 Å². The van der Waals surface area contributed by atoms with Crippen LogP contribution in [-0.2, 0) is 0 Å². The Morgan fingerprint density at radius 3 is 2.58 bits per heavy atom. The third kappa shape index (κ3) is 2.96. The van der Waals surface area contributed by atoms with Gasteiger partial charge in [-0.3, -0.25) is 9.78 Å². The Morgan fingerprint density at radius 1 is 1.26 bits per heavy atom. The second-order valence-corrected chi connectivity index (χ2v) is 4.18. The van der Waals surface area contributed by atoms with Crippen LogP contribution in [0.1, 0.15) is 24.3 Å². The number of pyridine rings is 1. The summed E-state index contributed by atoms with van der Waals surface area (Å²) in [5.41, 5.74) is 2.03. The minimum atomic E-state index is -0.274. The molecule has 0 aliphatic heterocycles. The van der Waals surface area contributed by atoms with Crippen LogP contribution in [0.4, 0.5) is 15.8 Å². The van der Waals surface area contributed by atoms with Crippen molar-refractivity contribution in [3.8, 4) is 0 Å². The number of ketones is 1. The van der Waals surface area contributed by atoms with Gasteiger partial charge in [0.05, 0.1) is 11.9 Å². The van der Waals surface area contributed by atoms with Gasteiger partial charge in [0.25, 0.3) is 0 Å². The summed E-state index contributed by atoms with van der Waals surface area (Å²) in [5.74, 6) is -0.343. The van der Waals surface area contributed by atoms with Gasteiger partial charge in [0.2, 0.25) is 0 Å². The van der Waals surface area contributed by atoms with Gasteiger partial charge in [0.1, 0.15) is 11.5 Å². The molecule has 1 heterocycles. The van der Waals surface area contributed by atoms with Crippen LogP contribution < -0.4 is 4.90 Å². The molecule has 0 aliphatic carbocycles. The molecule has 4 heteroatoms. The van der Waals surface area contributed by atoms with Crippen LogP contribution in [0.2, 0.25) is 0 Å². The molecule has 2 rings (SSSR count). The highest BCUT2D eigenvalue weighted by atomic mass is 19.1. The van der Waals surface area contributed by atoms with Crippen LogP contribution in [0, 0.1) is 5.82 Å². The molecule has 0 saturated heterocycles. The topological polar surface area (TPSA) is 33.2 Å². The molecule has 3 nitrogen and oxygen atoms in total. The van der Waals surface area contributed by atoms with E-state index in [1.807, 2.05) is 24.0 Å². The Balaban J connectivity index is 2.34. The van der Waals surface area contributed by atoms with E-state index >= 15 is 0 Å². The number of carbonyl (C=O) groups excluding carboxylic acids is 1. The van der Waals surface area contributed by atoms with Crippen molar-refractivity contribution in [2.45, 2.75) is 13.8 Å². The molecule has 0 amide bonds. The average Bonchev–Trinajstić information content (AvgIpc) is 2.40. The fourth-order valence-corrected chi connectivity index (χ4v) is 1.91. The van der Waals surface area contributed by atoms with Crippen LogP contribution in [0.25, 0.3) is 0 Å². The minimum absolute atomic E-state index is 0.0691. The summed E-state index contributed by atoms with van der Waals surface area (Å²) in [6, 6.07) is 9.89. The first-order chi connectivity index (χ1) is 9.11. The number of hydrogen-bond donors (Lipinski definition) is 0. The highest BCUT2D eigenvalue weighted by Gasteiger charge is 2.09. The minimum Gasteiger partial charge on any atom is -0.340 e. The molecule has 1 aromatic carbocycles. The molecule has 0 atom stereocenters.